The quantitative estimate of drug-likeness (QED) is 0.691. The zero-order chi connectivity index (χ0) is 13.1. The molecule has 18 heavy (non-hydrogen) atoms. The first-order valence-electron chi connectivity index (χ1n) is 5.69. The van der Waals surface area contributed by atoms with Gasteiger partial charge >= 0.3 is 0 Å². The van der Waals surface area contributed by atoms with E-state index in [9.17, 15) is 9.90 Å². The highest BCUT2D eigenvalue weighted by Crippen LogP contribution is 2.34. The number of fused-ring (bicyclic) bond motifs is 1. The van der Waals surface area contributed by atoms with Crippen LogP contribution >= 0.6 is 0 Å². The second kappa shape index (κ2) is 5.24. The van der Waals surface area contributed by atoms with Crippen LogP contribution < -0.4 is 15.0 Å². The monoisotopic (exact) mass is 252 g/mol. The van der Waals surface area contributed by atoms with E-state index in [0.717, 1.165) is 5.69 Å². The van der Waals surface area contributed by atoms with Crippen molar-refractivity contribution in [3.8, 4) is 5.75 Å². The van der Waals surface area contributed by atoms with E-state index in [1.54, 1.807) is 19.2 Å². The van der Waals surface area contributed by atoms with Crippen LogP contribution in [0.3, 0.4) is 0 Å². The molecule has 6 nitrogen and oxygen atoms in total. The fourth-order valence-corrected chi connectivity index (χ4v) is 1.83. The molecule has 0 aromatic heterocycles. The minimum absolute atomic E-state index is 0.0515. The zero-order valence-electron chi connectivity index (χ0n) is 10.1. The van der Waals surface area contributed by atoms with Gasteiger partial charge in [-0.05, 0) is 18.2 Å². The van der Waals surface area contributed by atoms with E-state index in [1.165, 1.54) is 4.90 Å². The molecule has 1 unspecified atom stereocenters. The Balaban J connectivity index is 2.32. The van der Waals surface area contributed by atoms with Gasteiger partial charge < -0.3 is 25.2 Å². The molecule has 1 aliphatic rings. The Morgan fingerprint density at radius 2 is 2.33 bits per heavy atom. The summed E-state index contributed by atoms with van der Waals surface area (Å²) in [4.78, 5) is 13.2. The predicted octanol–water partition coefficient (Wildman–Crippen LogP) is -0.193. The summed E-state index contributed by atoms with van der Waals surface area (Å²) in [5.74, 6) is 0.363. The van der Waals surface area contributed by atoms with Gasteiger partial charge in [0.25, 0.3) is 5.91 Å². The van der Waals surface area contributed by atoms with E-state index in [2.05, 4.69) is 5.32 Å². The highest BCUT2D eigenvalue weighted by atomic mass is 16.5. The minimum atomic E-state index is -0.960. The van der Waals surface area contributed by atoms with Gasteiger partial charge in [-0.2, -0.15) is 0 Å². The maximum Gasteiger partial charge on any atom is 0.265 e. The first-order valence-corrected chi connectivity index (χ1v) is 5.69. The minimum Gasteiger partial charge on any atom is -0.482 e. The van der Waals surface area contributed by atoms with Crippen molar-refractivity contribution in [1.29, 1.82) is 0 Å². The number of amides is 1. The van der Waals surface area contributed by atoms with Crippen LogP contribution in [-0.2, 0) is 4.79 Å². The van der Waals surface area contributed by atoms with Crippen molar-refractivity contribution in [3.63, 3.8) is 0 Å². The van der Waals surface area contributed by atoms with Crippen molar-refractivity contribution < 1.29 is 19.7 Å². The summed E-state index contributed by atoms with van der Waals surface area (Å²) in [6, 6.07) is 5.39. The number of β-amino-alcohol motifs (C(OH)–C–C–N with tert-alkyl or cyclic N) is 1. The summed E-state index contributed by atoms with van der Waals surface area (Å²) in [6.45, 7) is -0.380. The maximum absolute atomic E-state index is 11.8. The summed E-state index contributed by atoms with van der Waals surface area (Å²) in [5, 5.41) is 21.3. The maximum atomic E-state index is 11.8. The highest BCUT2D eigenvalue weighted by molar-refractivity contribution is 5.98. The van der Waals surface area contributed by atoms with Gasteiger partial charge in [0.15, 0.2) is 6.61 Å². The Hall–Kier alpha value is -1.79. The summed E-state index contributed by atoms with van der Waals surface area (Å²) in [7, 11) is 1.78. The molecule has 1 atom stereocenters. The van der Waals surface area contributed by atoms with Gasteiger partial charge in [-0.25, -0.2) is 0 Å². The summed E-state index contributed by atoms with van der Waals surface area (Å²) >= 11 is 0. The standard InChI is InChI=1S/C12H16N2O4/c1-13-8-2-3-11-10(4-8)14(5-9(16)6-15)12(17)7-18-11/h2-4,9,13,15-16H,5-7H2,1H3. The van der Waals surface area contributed by atoms with Gasteiger partial charge in [0, 0.05) is 12.7 Å². The number of hydrogen-bond donors (Lipinski definition) is 3. The van der Waals surface area contributed by atoms with E-state index >= 15 is 0 Å². The van der Waals surface area contributed by atoms with Crippen LogP contribution in [0.4, 0.5) is 11.4 Å². The molecule has 0 bridgehead atoms. The largest absolute Gasteiger partial charge is 0.482 e. The first-order chi connectivity index (χ1) is 8.65. The van der Waals surface area contributed by atoms with E-state index in [-0.39, 0.29) is 25.7 Å². The molecule has 0 saturated carbocycles. The highest BCUT2D eigenvalue weighted by Gasteiger charge is 2.27. The average Bonchev–Trinajstić information content (AvgIpc) is 2.41. The number of aliphatic hydroxyl groups is 2. The molecule has 6 heteroatoms. The number of nitrogens with zero attached hydrogens (tertiary/aromatic N) is 1. The molecule has 2 rings (SSSR count). The number of hydrogen-bond acceptors (Lipinski definition) is 5. The number of carbonyl (C=O) groups excluding carboxylic acids is 1. The molecule has 98 valence electrons. The van der Waals surface area contributed by atoms with Crippen LogP contribution in [0.25, 0.3) is 0 Å². The van der Waals surface area contributed by atoms with Crippen LogP contribution in [0.15, 0.2) is 18.2 Å². The third-order valence-electron chi connectivity index (χ3n) is 2.79. The average molecular weight is 252 g/mol. The Bertz CT molecular complexity index is 450. The van der Waals surface area contributed by atoms with E-state index in [0.29, 0.717) is 11.4 Å². The van der Waals surface area contributed by atoms with Crippen molar-refractivity contribution in [2.24, 2.45) is 0 Å². The van der Waals surface area contributed by atoms with Crippen molar-refractivity contribution in [1.82, 2.24) is 0 Å². The molecule has 3 N–H and O–H groups in total. The molecule has 1 aliphatic heterocycles. The van der Waals surface area contributed by atoms with Crippen molar-refractivity contribution in [2.75, 3.05) is 37.0 Å². The Labute approximate surface area is 105 Å². The molecule has 0 saturated heterocycles. The number of carbonyl (C=O) groups is 1. The Kier molecular flexibility index (Phi) is 3.69. The van der Waals surface area contributed by atoms with Gasteiger partial charge in [-0.15, -0.1) is 0 Å². The SMILES string of the molecule is CNc1ccc2c(c1)N(CC(O)CO)C(=O)CO2. The molecule has 1 heterocycles. The van der Waals surface area contributed by atoms with E-state index in [1.807, 2.05) is 6.07 Å². The number of aliphatic hydroxyl groups excluding tert-OH is 2. The van der Waals surface area contributed by atoms with Crippen molar-refractivity contribution in [3.05, 3.63) is 18.2 Å². The third kappa shape index (κ3) is 2.39. The Morgan fingerprint density at radius 3 is 3.00 bits per heavy atom. The van der Waals surface area contributed by atoms with Crippen LogP contribution in [0, 0.1) is 0 Å². The molecular formula is C12H16N2O4. The second-order valence-corrected chi connectivity index (χ2v) is 4.06. The van der Waals surface area contributed by atoms with Gasteiger partial charge in [-0.3, -0.25) is 4.79 Å². The van der Waals surface area contributed by atoms with Crippen LogP contribution in [0.1, 0.15) is 0 Å². The molecule has 0 aliphatic carbocycles. The molecule has 1 aromatic carbocycles. The number of ether oxygens (including phenoxy) is 1. The molecule has 0 fully saturated rings. The lowest BCUT2D eigenvalue weighted by Crippen LogP contribution is -2.44. The van der Waals surface area contributed by atoms with Gasteiger partial charge in [0.1, 0.15) is 5.75 Å². The third-order valence-corrected chi connectivity index (χ3v) is 2.79. The molecule has 0 radical (unpaired) electrons. The lowest BCUT2D eigenvalue weighted by molar-refractivity contribution is -0.121. The Morgan fingerprint density at radius 1 is 1.56 bits per heavy atom. The molecule has 1 amide bonds. The van der Waals surface area contributed by atoms with Crippen LogP contribution in [0.5, 0.6) is 5.75 Å². The van der Waals surface area contributed by atoms with Crippen molar-refractivity contribution >= 4 is 17.3 Å². The number of benzene rings is 1. The summed E-state index contributed by atoms with van der Waals surface area (Å²) in [5.41, 5.74) is 1.45. The molecule has 0 spiro atoms. The lowest BCUT2D eigenvalue weighted by atomic mass is 10.2. The fraction of sp³-hybridized carbons (Fsp3) is 0.417. The summed E-state index contributed by atoms with van der Waals surface area (Å²) < 4.78 is 5.32. The predicted molar refractivity (Wildman–Crippen MR) is 66.9 cm³/mol. The fourth-order valence-electron chi connectivity index (χ4n) is 1.83. The zero-order valence-corrected chi connectivity index (χ0v) is 10.1. The number of rotatable bonds is 4. The topological polar surface area (TPSA) is 82.0 Å². The van der Waals surface area contributed by atoms with Gasteiger partial charge in [0.05, 0.1) is 24.9 Å². The van der Waals surface area contributed by atoms with Gasteiger partial charge in [-0.1, -0.05) is 0 Å². The second-order valence-electron chi connectivity index (χ2n) is 4.06. The van der Waals surface area contributed by atoms with E-state index < -0.39 is 6.10 Å². The van der Waals surface area contributed by atoms with Gasteiger partial charge in [0.2, 0.25) is 0 Å². The van der Waals surface area contributed by atoms with Crippen LogP contribution in [-0.4, -0.2) is 49.0 Å². The first kappa shape index (κ1) is 12.7. The number of anilines is 2. The normalized spacial score (nSPS) is 15.9. The molecule has 1 aromatic rings. The summed E-state index contributed by atoms with van der Waals surface area (Å²) in [6.07, 6.45) is -0.960. The lowest BCUT2D eigenvalue weighted by Gasteiger charge is -2.30. The van der Waals surface area contributed by atoms with Crippen LogP contribution in [0.2, 0.25) is 0 Å². The number of nitrogens with one attached hydrogen (secondary N) is 1. The van der Waals surface area contributed by atoms with E-state index in [4.69, 9.17) is 9.84 Å². The molecular weight excluding hydrogens is 236 g/mol. The van der Waals surface area contributed by atoms with Crippen molar-refractivity contribution in [2.45, 2.75) is 6.10 Å². The smallest absolute Gasteiger partial charge is 0.265 e.